The number of hydrazine groups is 1. The predicted molar refractivity (Wildman–Crippen MR) is 79.5 cm³/mol. The highest BCUT2D eigenvalue weighted by atomic mass is 35.5. The normalized spacial score (nSPS) is 10.7. The first kappa shape index (κ1) is 12.6. The van der Waals surface area contributed by atoms with Crippen LogP contribution in [0.5, 0.6) is 0 Å². The molecule has 0 aliphatic heterocycles. The van der Waals surface area contributed by atoms with Crippen molar-refractivity contribution in [2.75, 3.05) is 10.7 Å². The van der Waals surface area contributed by atoms with E-state index in [0.717, 1.165) is 16.6 Å². The summed E-state index contributed by atoms with van der Waals surface area (Å²) < 4.78 is 0. The third-order valence-corrected chi connectivity index (χ3v) is 3.04. The van der Waals surface area contributed by atoms with Gasteiger partial charge in [-0.2, -0.15) is 4.98 Å². The molecule has 3 rings (SSSR count). The third-order valence-electron chi connectivity index (χ3n) is 2.86. The lowest BCUT2D eigenvalue weighted by Crippen LogP contribution is -2.27. The molecule has 0 aliphatic carbocycles. The molecule has 0 amide bonds. The average Bonchev–Trinajstić information content (AvgIpc) is 2.48. The second-order valence-electron chi connectivity index (χ2n) is 4.17. The molecule has 0 unspecified atom stereocenters. The van der Waals surface area contributed by atoms with Crippen molar-refractivity contribution >= 4 is 39.7 Å². The van der Waals surface area contributed by atoms with Gasteiger partial charge in [0, 0.05) is 11.6 Å². The van der Waals surface area contributed by atoms with Crippen molar-refractivity contribution in [2.24, 2.45) is 5.84 Å². The lowest BCUT2D eigenvalue weighted by atomic mass is 10.2. The molecule has 0 fully saturated rings. The predicted octanol–water partition coefficient (Wildman–Crippen LogP) is 2.27. The molecule has 7 heteroatoms. The summed E-state index contributed by atoms with van der Waals surface area (Å²) in [5.41, 5.74) is 7.79. The summed E-state index contributed by atoms with van der Waals surface area (Å²) in [5, 5.41) is 2.43. The van der Waals surface area contributed by atoms with Crippen LogP contribution in [0.4, 0.5) is 17.2 Å². The number of halogens is 1. The molecule has 0 saturated carbocycles. The molecule has 0 radical (unpaired) electrons. The number of pyridine rings is 1. The Bertz CT molecular complexity index is 776. The maximum atomic E-state index is 6.06. The molecule has 6 nitrogen and oxygen atoms in total. The second-order valence-corrected chi connectivity index (χ2v) is 4.51. The summed E-state index contributed by atoms with van der Waals surface area (Å²) in [6.07, 6.45) is 3.16. The van der Waals surface area contributed by atoms with Crippen LogP contribution in [-0.4, -0.2) is 15.0 Å². The molecular weight excluding hydrogens is 276 g/mol. The van der Waals surface area contributed by atoms with Gasteiger partial charge in [-0.3, -0.25) is 9.99 Å². The molecule has 3 aromatic rings. The van der Waals surface area contributed by atoms with Crippen molar-refractivity contribution in [3.8, 4) is 0 Å². The Morgan fingerprint density at radius 2 is 2.00 bits per heavy atom. The van der Waals surface area contributed by atoms with Crippen LogP contribution in [-0.2, 0) is 0 Å². The standard InChI is InChI=1S/C13H11ClN6/c14-13-18-7-10(15)12(19-13)20(16)9-3-4-11-8(6-9)2-1-5-17-11/h1-7H,15-16H2. The summed E-state index contributed by atoms with van der Waals surface area (Å²) in [6.45, 7) is 0. The molecule has 1 aromatic carbocycles. The van der Waals surface area contributed by atoms with Gasteiger partial charge >= 0.3 is 0 Å². The fourth-order valence-corrected chi connectivity index (χ4v) is 2.02. The van der Waals surface area contributed by atoms with E-state index in [2.05, 4.69) is 15.0 Å². The van der Waals surface area contributed by atoms with Gasteiger partial charge in [0.1, 0.15) is 0 Å². The second kappa shape index (κ2) is 4.92. The van der Waals surface area contributed by atoms with Crippen LogP contribution in [0.3, 0.4) is 0 Å². The first-order valence-electron chi connectivity index (χ1n) is 5.83. The van der Waals surface area contributed by atoms with Gasteiger partial charge in [-0.25, -0.2) is 10.8 Å². The van der Waals surface area contributed by atoms with Crippen LogP contribution >= 0.6 is 11.6 Å². The van der Waals surface area contributed by atoms with Crippen molar-refractivity contribution in [1.82, 2.24) is 15.0 Å². The molecule has 0 aliphatic rings. The van der Waals surface area contributed by atoms with Crippen LogP contribution in [0, 0.1) is 0 Å². The first-order valence-corrected chi connectivity index (χ1v) is 6.20. The molecule has 2 aromatic heterocycles. The van der Waals surface area contributed by atoms with E-state index in [1.165, 1.54) is 11.2 Å². The highest BCUT2D eigenvalue weighted by Gasteiger charge is 2.12. The van der Waals surface area contributed by atoms with Gasteiger partial charge in [0.15, 0.2) is 5.82 Å². The summed E-state index contributed by atoms with van der Waals surface area (Å²) in [7, 11) is 0. The minimum Gasteiger partial charge on any atom is -0.394 e. The number of anilines is 3. The van der Waals surface area contributed by atoms with Crippen molar-refractivity contribution in [1.29, 1.82) is 0 Å². The number of aromatic nitrogens is 3. The van der Waals surface area contributed by atoms with Gasteiger partial charge in [-0.15, -0.1) is 0 Å². The molecule has 0 spiro atoms. The van der Waals surface area contributed by atoms with Crippen molar-refractivity contribution in [2.45, 2.75) is 0 Å². The van der Waals surface area contributed by atoms with E-state index in [-0.39, 0.29) is 5.28 Å². The average molecular weight is 287 g/mol. The van der Waals surface area contributed by atoms with E-state index < -0.39 is 0 Å². The maximum Gasteiger partial charge on any atom is 0.224 e. The zero-order chi connectivity index (χ0) is 14.1. The van der Waals surface area contributed by atoms with Crippen molar-refractivity contribution in [3.63, 3.8) is 0 Å². The number of nitrogens with two attached hydrogens (primary N) is 2. The van der Waals surface area contributed by atoms with Gasteiger partial charge in [-0.1, -0.05) is 6.07 Å². The lowest BCUT2D eigenvalue weighted by molar-refractivity contribution is 1.02. The molecule has 0 bridgehead atoms. The van der Waals surface area contributed by atoms with E-state index >= 15 is 0 Å². The SMILES string of the molecule is Nc1cnc(Cl)nc1N(N)c1ccc2ncccc2c1. The molecular formula is C13H11ClN6. The Balaban J connectivity index is 2.07. The number of hydrogen-bond acceptors (Lipinski definition) is 6. The van der Waals surface area contributed by atoms with Crippen molar-refractivity contribution < 1.29 is 0 Å². The van der Waals surface area contributed by atoms with E-state index in [0.29, 0.717) is 11.5 Å². The zero-order valence-corrected chi connectivity index (χ0v) is 11.1. The van der Waals surface area contributed by atoms with Crippen molar-refractivity contribution in [3.05, 3.63) is 48.0 Å². The van der Waals surface area contributed by atoms with Crippen LogP contribution < -0.4 is 16.6 Å². The van der Waals surface area contributed by atoms with Gasteiger partial charge in [-0.05, 0) is 35.9 Å². The van der Waals surface area contributed by atoms with Crippen LogP contribution in [0.25, 0.3) is 10.9 Å². The van der Waals surface area contributed by atoms with Crippen LogP contribution in [0.15, 0.2) is 42.7 Å². The smallest absolute Gasteiger partial charge is 0.224 e. The topological polar surface area (TPSA) is 94.0 Å². The summed E-state index contributed by atoms with van der Waals surface area (Å²) in [6, 6.07) is 9.44. The summed E-state index contributed by atoms with van der Waals surface area (Å²) >= 11 is 5.77. The van der Waals surface area contributed by atoms with E-state index in [1.54, 1.807) is 6.20 Å². The maximum absolute atomic E-state index is 6.06. The largest absolute Gasteiger partial charge is 0.394 e. The fraction of sp³-hybridized carbons (Fsp3) is 0. The van der Waals surface area contributed by atoms with Gasteiger partial charge in [0.25, 0.3) is 0 Å². The quantitative estimate of drug-likeness (QED) is 0.426. The minimum atomic E-state index is 0.0899. The molecule has 100 valence electrons. The molecule has 20 heavy (non-hydrogen) atoms. The summed E-state index contributed by atoms with van der Waals surface area (Å²) in [4.78, 5) is 12.1. The van der Waals surface area contributed by atoms with Crippen LogP contribution in [0.1, 0.15) is 0 Å². The van der Waals surface area contributed by atoms with E-state index in [1.807, 2.05) is 30.3 Å². The minimum absolute atomic E-state index is 0.0899. The molecule has 0 atom stereocenters. The van der Waals surface area contributed by atoms with Gasteiger partial charge in [0.05, 0.1) is 23.1 Å². The highest BCUT2D eigenvalue weighted by Crippen LogP contribution is 2.27. The Labute approximate surface area is 120 Å². The Hall–Kier alpha value is -2.44. The van der Waals surface area contributed by atoms with E-state index in [4.69, 9.17) is 23.2 Å². The number of nitrogens with zero attached hydrogens (tertiary/aromatic N) is 4. The fourth-order valence-electron chi connectivity index (χ4n) is 1.89. The number of fused-ring (bicyclic) bond motifs is 1. The van der Waals surface area contributed by atoms with Crippen LogP contribution in [0.2, 0.25) is 5.28 Å². The van der Waals surface area contributed by atoms with E-state index in [9.17, 15) is 0 Å². The molecule has 2 heterocycles. The van der Waals surface area contributed by atoms with Gasteiger partial charge < -0.3 is 5.73 Å². The Morgan fingerprint density at radius 1 is 1.15 bits per heavy atom. The zero-order valence-electron chi connectivity index (χ0n) is 10.4. The lowest BCUT2D eigenvalue weighted by Gasteiger charge is -2.19. The van der Waals surface area contributed by atoms with Gasteiger partial charge in [0.2, 0.25) is 5.28 Å². The highest BCUT2D eigenvalue weighted by molar-refractivity contribution is 6.28. The monoisotopic (exact) mass is 286 g/mol. The molecule has 4 N–H and O–H groups in total. The number of nitrogen functional groups attached to an aromatic ring is 1. The summed E-state index contributed by atoms with van der Waals surface area (Å²) in [5.74, 6) is 6.42. The number of hydrogen-bond donors (Lipinski definition) is 2. The number of rotatable bonds is 2. The molecule has 0 saturated heterocycles. The number of benzene rings is 1. The Morgan fingerprint density at radius 3 is 2.85 bits per heavy atom. The third kappa shape index (κ3) is 2.22. The Kier molecular flexibility index (Phi) is 3.09. The first-order chi connectivity index (χ1) is 9.65.